The molecule has 5 heteroatoms. The van der Waals surface area contributed by atoms with E-state index in [-0.39, 0.29) is 11.5 Å². The highest BCUT2D eigenvalue weighted by molar-refractivity contribution is 8.06. The Labute approximate surface area is 202 Å². The monoisotopic (exact) mass is 465 g/mol. The van der Waals surface area contributed by atoms with Crippen LogP contribution in [0.4, 0.5) is 10.1 Å². The van der Waals surface area contributed by atoms with Crippen LogP contribution in [-0.4, -0.2) is 28.4 Å². The molecule has 0 saturated carbocycles. The minimum atomic E-state index is -0.337. The largest absolute Gasteiger partial charge is 0.396 e. The number of hydrogen-bond donors (Lipinski definition) is 1. The SMILES string of the molecule is C=C/C=C1/C(=C)N2C(C)CCC2CN1/C=C(\C)C(=C)SC(Cc1cccc(N)c1F)=C(C)C. The molecule has 0 bridgehead atoms. The molecule has 0 radical (unpaired) electrons. The van der Waals surface area contributed by atoms with E-state index in [9.17, 15) is 4.39 Å². The average Bonchev–Trinajstić information content (AvgIpc) is 3.13. The normalized spacial score (nSPS) is 21.9. The van der Waals surface area contributed by atoms with Gasteiger partial charge in [-0.3, -0.25) is 0 Å². The number of anilines is 1. The summed E-state index contributed by atoms with van der Waals surface area (Å²) in [6.45, 7) is 22.0. The first kappa shape index (κ1) is 25.0. The van der Waals surface area contributed by atoms with Gasteiger partial charge in [0.15, 0.2) is 0 Å². The summed E-state index contributed by atoms with van der Waals surface area (Å²) >= 11 is 1.60. The zero-order valence-electron chi connectivity index (χ0n) is 20.3. The maximum atomic E-state index is 14.5. The van der Waals surface area contributed by atoms with Crippen LogP contribution in [0.3, 0.4) is 0 Å². The number of hydrogen-bond acceptors (Lipinski definition) is 4. The molecule has 2 heterocycles. The number of nitrogens with zero attached hydrogens (tertiary/aromatic N) is 2. The summed E-state index contributed by atoms with van der Waals surface area (Å²) in [6, 6.07) is 6.17. The zero-order valence-corrected chi connectivity index (χ0v) is 21.1. The average molecular weight is 466 g/mol. The number of benzene rings is 1. The quantitative estimate of drug-likeness (QED) is 0.342. The molecule has 1 aromatic rings. The molecule has 0 amide bonds. The predicted molar refractivity (Wildman–Crippen MR) is 142 cm³/mol. The molecule has 2 aliphatic rings. The van der Waals surface area contributed by atoms with Crippen LogP contribution in [0.25, 0.3) is 0 Å². The van der Waals surface area contributed by atoms with Crippen molar-refractivity contribution in [1.82, 2.24) is 9.80 Å². The molecule has 3 rings (SSSR count). The van der Waals surface area contributed by atoms with Gasteiger partial charge in [-0.25, -0.2) is 4.39 Å². The fraction of sp³-hybridized carbons (Fsp3) is 0.357. The third kappa shape index (κ3) is 5.47. The van der Waals surface area contributed by atoms with E-state index in [1.807, 2.05) is 26.0 Å². The lowest BCUT2D eigenvalue weighted by atomic mass is 10.1. The summed E-state index contributed by atoms with van der Waals surface area (Å²) in [5.74, 6) is -0.337. The van der Waals surface area contributed by atoms with Crippen molar-refractivity contribution in [2.75, 3.05) is 12.3 Å². The third-order valence-electron chi connectivity index (χ3n) is 6.44. The van der Waals surface area contributed by atoms with Gasteiger partial charge in [0.2, 0.25) is 0 Å². The molecule has 33 heavy (non-hydrogen) atoms. The molecule has 2 N–H and O–H groups in total. The van der Waals surface area contributed by atoms with E-state index < -0.39 is 0 Å². The molecule has 0 spiro atoms. The molecule has 3 nitrogen and oxygen atoms in total. The number of nitrogens with two attached hydrogens (primary N) is 1. The van der Waals surface area contributed by atoms with Gasteiger partial charge in [-0.2, -0.15) is 0 Å². The molecule has 2 aliphatic heterocycles. The summed E-state index contributed by atoms with van der Waals surface area (Å²) in [4.78, 5) is 6.77. The van der Waals surface area contributed by atoms with E-state index in [1.165, 1.54) is 12.8 Å². The summed E-state index contributed by atoms with van der Waals surface area (Å²) in [5, 5.41) is 0. The number of nitrogen functional groups attached to an aromatic ring is 1. The first-order valence-electron chi connectivity index (χ1n) is 11.5. The van der Waals surface area contributed by atoms with E-state index in [0.29, 0.717) is 24.1 Å². The summed E-state index contributed by atoms with van der Waals surface area (Å²) in [7, 11) is 0. The Bertz CT molecular complexity index is 1050. The molecule has 0 aliphatic carbocycles. The highest BCUT2D eigenvalue weighted by atomic mass is 32.2. The Kier molecular flexibility index (Phi) is 7.96. The standard InChI is InChI=1S/C28H36FN3S/c1-8-10-26-21(6)32-20(5)13-14-24(32)17-31(26)16-19(4)22(7)33-27(18(2)3)15-23-11-9-12-25(30)28(23)29/h8-12,16,20,24H,1,6-7,13-15,17,30H2,2-5H3/b19-16+,26-10-. The van der Waals surface area contributed by atoms with Gasteiger partial charge in [0.25, 0.3) is 0 Å². The molecule has 1 aromatic carbocycles. The zero-order chi connectivity index (χ0) is 24.3. The minimum Gasteiger partial charge on any atom is -0.396 e. The fourth-order valence-corrected chi connectivity index (χ4v) is 5.49. The first-order valence-corrected chi connectivity index (χ1v) is 12.3. The molecule has 2 unspecified atom stereocenters. The van der Waals surface area contributed by atoms with Crippen LogP contribution >= 0.6 is 11.8 Å². The molecule has 2 fully saturated rings. The van der Waals surface area contributed by atoms with Crippen molar-refractivity contribution in [3.05, 3.63) is 100 Å². The van der Waals surface area contributed by atoms with Gasteiger partial charge in [0.05, 0.1) is 17.1 Å². The highest BCUT2D eigenvalue weighted by Crippen LogP contribution is 2.39. The lowest BCUT2D eigenvalue weighted by Gasteiger charge is -2.44. The lowest BCUT2D eigenvalue weighted by Crippen LogP contribution is -2.47. The second kappa shape index (κ2) is 10.5. The van der Waals surface area contributed by atoms with Gasteiger partial charge in [-0.1, -0.05) is 55.3 Å². The molecule has 2 atom stereocenters. The van der Waals surface area contributed by atoms with Crippen LogP contribution in [0.2, 0.25) is 0 Å². The van der Waals surface area contributed by atoms with Crippen LogP contribution in [-0.2, 0) is 6.42 Å². The van der Waals surface area contributed by atoms with E-state index >= 15 is 0 Å². The Balaban J connectivity index is 1.80. The molecule has 176 valence electrons. The molecule has 2 saturated heterocycles. The number of fused-ring (bicyclic) bond motifs is 1. The van der Waals surface area contributed by atoms with E-state index in [2.05, 4.69) is 49.6 Å². The van der Waals surface area contributed by atoms with E-state index in [1.54, 1.807) is 30.0 Å². The number of allylic oxidation sites excluding steroid dienone is 5. The summed E-state index contributed by atoms with van der Waals surface area (Å²) in [6.07, 6.45) is 8.88. The highest BCUT2D eigenvalue weighted by Gasteiger charge is 2.38. The molecular weight excluding hydrogens is 429 g/mol. The molecular formula is C28H36FN3S. The van der Waals surface area contributed by atoms with Gasteiger partial charge in [-0.05, 0) is 68.7 Å². The Morgan fingerprint density at radius 1 is 1.27 bits per heavy atom. The van der Waals surface area contributed by atoms with Crippen molar-refractivity contribution in [1.29, 1.82) is 0 Å². The minimum absolute atomic E-state index is 0.183. The van der Waals surface area contributed by atoms with E-state index in [4.69, 9.17) is 5.73 Å². The Morgan fingerprint density at radius 3 is 2.67 bits per heavy atom. The van der Waals surface area contributed by atoms with Crippen molar-refractivity contribution in [2.45, 2.75) is 59.0 Å². The van der Waals surface area contributed by atoms with Crippen LogP contribution in [0.5, 0.6) is 0 Å². The molecule has 0 aromatic heterocycles. The maximum absolute atomic E-state index is 14.5. The summed E-state index contributed by atoms with van der Waals surface area (Å²) in [5.41, 5.74) is 10.9. The van der Waals surface area contributed by atoms with Crippen molar-refractivity contribution in [3.8, 4) is 0 Å². The van der Waals surface area contributed by atoms with Gasteiger partial charge in [0, 0.05) is 36.2 Å². The van der Waals surface area contributed by atoms with Crippen molar-refractivity contribution in [2.24, 2.45) is 0 Å². The van der Waals surface area contributed by atoms with Crippen molar-refractivity contribution < 1.29 is 4.39 Å². The first-order chi connectivity index (χ1) is 15.6. The smallest absolute Gasteiger partial charge is 0.149 e. The Morgan fingerprint density at radius 2 is 2.00 bits per heavy atom. The van der Waals surface area contributed by atoms with Crippen LogP contribution in [0.1, 0.15) is 46.1 Å². The van der Waals surface area contributed by atoms with Crippen LogP contribution < -0.4 is 5.73 Å². The third-order valence-corrected chi connectivity index (χ3v) is 7.81. The second-order valence-corrected chi connectivity index (χ2v) is 10.3. The van der Waals surface area contributed by atoms with Gasteiger partial charge in [-0.15, -0.1) is 0 Å². The summed E-state index contributed by atoms with van der Waals surface area (Å²) < 4.78 is 14.5. The van der Waals surface area contributed by atoms with Gasteiger partial charge < -0.3 is 15.5 Å². The fourth-order valence-electron chi connectivity index (χ4n) is 4.55. The van der Waals surface area contributed by atoms with Crippen molar-refractivity contribution >= 4 is 17.4 Å². The number of rotatable bonds is 7. The number of thioether (sulfide) groups is 1. The van der Waals surface area contributed by atoms with Gasteiger partial charge in [0.1, 0.15) is 5.82 Å². The van der Waals surface area contributed by atoms with E-state index in [0.717, 1.165) is 38.9 Å². The topological polar surface area (TPSA) is 32.5 Å². The maximum Gasteiger partial charge on any atom is 0.149 e. The Hall–Kier alpha value is -2.66. The lowest BCUT2D eigenvalue weighted by molar-refractivity contribution is 0.189. The van der Waals surface area contributed by atoms with Crippen LogP contribution in [0, 0.1) is 5.82 Å². The number of halogens is 1. The predicted octanol–water partition coefficient (Wildman–Crippen LogP) is 7.15. The number of piperazine rings is 1. The van der Waals surface area contributed by atoms with Gasteiger partial charge >= 0.3 is 0 Å². The van der Waals surface area contributed by atoms with Crippen LogP contribution in [0.15, 0.2) is 88.6 Å². The second-order valence-electron chi connectivity index (χ2n) is 9.13. The van der Waals surface area contributed by atoms with Crippen molar-refractivity contribution in [3.63, 3.8) is 0 Å².